The van der Waals surface area contributed by atoms with Crippen LogP contribution in [0.2, 0.25) is 0 Å². The Bertz CT molecular complexity index is 609. The van der Waals surface area contributed by atoms with Gasteiger partial charge in [0.1, 0.15) is 6.54 Å². The smallest absolute Gasteiger partial charge is 0.323 e. The number of ether oxygens (including phenoxy) is 2. The largest absolute Gasteiger partial charge is 0.493 e. The number of amides is 1. The summed E-state index contributed by atoms with van der Waals surface area (Å²) in [5, 5.41) is 17.8. The fourth-order valence-corrected chi connectivity index (χ4v) is 1.93. The number of nitrogens with zero attached hydrogens (tertiary/aromatic N) is 2. The number of carboxylic acid groups (broad SMARTS) is 1. The predicted octanol–water partition coefficient (Wildman–Crippen LogP) is 1.66. The minimum Gasteiger partial charge on any atom is -0.493 e. The third kappa shape index (κ3) is 5.18. The van der Waals surface area contributed by atoms with E-state index in [2.05, 4.69) is 0 Å². The number of rotatable bonds is 8. The van der Waals surface area contributed by atoms with Crippen LogP contribution in [0.3, 0.4) is 0 Å². The van der Waals surface area contributed by atoms with Gasteiger partial charge in [-0.2, -0.15) is 5.26 Å². The molecule has 7 nitrogen and oxygen atoms in total. The van der Waals surface area contributed by atoms with Crippen molar-refractivity contribution < 1.29 is 24.2 Å². The van der Waals surface area contributed by atoms with Crippen LogP contribution >= 0.6 is 0 Å². The lowest BCUT2D eigenvalue weighted by Crippen LogP contribution is -2.44. The zero-order valence-corrected chi connectivity index (χ0v) is 13.4. The van der Waals surface area contributed by atoms with E-state index < -0.39 is 11.9 Å². The molecular weight excluding hydrogens is 300 g/mol. The number of hydrogen-bond donors (Lipinski definition) is 1. The van der Waals surface area contributed by atoms with Crippen molar-refractivity contribution in [2.75, 3.05) is 20.3 Å². The van der Waals surface area contributed by atoms with Crippen LogP contribution in [0.15, 0.2) is 18.2 Å². The van der Waals surface area contributed by atoms with Gasteiger partial charge in [0.05, 0.1) is 18.7 Å². The summed E-state index contributed by atoms with van der Waals surface area (Å²) in [6.45, 7) is 2.97. The van der Waals surface area contributed by atoms with Crippen molar-refractivity contribution in [3.05, 3.63) is 23.8 Å². The molecule has 7 heteroatoms. The van der Waals surface area contributed by atoms with Gasteiger partial charge in [-0.15, -0.1) is 0 Å². The minimum absolute atomic E-state index is 0.204. The molecule has 0 heterocycles. The van der Waals surface area contributed by atoms with E-state index in [9.17, 15) is 9.59 Å². The summed E-state index contributed by atoms with van der Waals surface area (Å²) in [6.07, 6.45) is 0.638. The van der Waals surface area contributed by atoms with Gasteiger partial charge in [-0.1, -0.05) is 6.92 Å². The zero-order valence-electron chi connectivity index (χ0n) is 13.4. The number of carboxylic acids is 1. The van der Waals surface area contributed by atoms with E-state index in [1.807, 2.05) is 13.0 Å². The molecule has 1 atom stereocenters. The summed E-state index contributed by atoms with van der Waals surface area (Å²) in [5.74, 6) is -0.841. The first-order valence-corrected chi connectivity index (χ1v) is 7.15. The first-order chi connectivity index (χ1) is 10.9. The lowest BCUT2D eigenvalue weighted by Gasteiger charge is -2.27. The maximum atomic E-state index is 12.2. The second kappa shape index (κ2) is 8.63. The molecule has 0 saturated heterocycles. The molecular formula is C16H20N2O5. The molecule has 1 amide bonds. The van der Waals surface area contributed by atoms with E-state index >= 15 is 0 Å². The minimum atomic E-state index is -1.07. The molecule has 0 fully saturated rings. The van der Waals surface area contributed by atoms with Crippen LogP contribution in [0.1, 0.15) is 25.8 Å². The Hall–Kier alpha value is -2.75. The summed E-state index contributed by atoms with van der Waals surface area (Å²) in [4.78, 5) is 24.4. The molecule has 0 spiro atoms. The van der Waals surface area contributed by atoms with Gasteiger partial charge in [0.2, 0.25) is 0 Å². The number of hydrogen-bond acceptors (Lipinski definition) is 5. The predicted molar refractivity (Wildman–Crippen MR) is 82.3 cm³/mol. The summed E-state index contributed by atoms with van der Waals surface area (Å²) in [7, 11) is 1.43. The van der Waals surface area contributed by atoms with Gasteiger partial charge in [0, 0.05) is 12.1 Å². The van der Waals surface area contributed by atoms with Crippen molar-refractivity contribution >= 4 is 11.9 Å². The molecule has 0 aliphatic rings. The highest BCUT2D eigenvalue weighted by molar-refractivity contribution is 5.82. The van der Waals surface area contributed by atoms with Crippen LogP contribution in [0.25, 0.3) is 0 Å². The van der Waals surface area contributed by atoms with Crippen molar-refractivity contribution in [2.24, 2.45) is 0 Å². The number of carbonyl (C=O) groups excluding carboxylic acids is 1. The van der Waals surface area contributed by atoms with Crippen molar-refractivity contribution in [3.8, 4) is 17.6 Å². The third-order valence-corrected chi connectivity index (χ3v) is 3.39. The molecule has 0 saturated carbocycles. The molecule has 0 radical (unpaired) electrons. The number of nitriles is 1. The van der Waals surface area contributed by atoms with Gasteiger partial charge >= 0.3 is 5.97 Å². The van der Waals surface area contributed by atoms with Gasteiger partial charge < -0.3 is 19.5 Å². The van der Waals surface area contributed by atoms with Gasteiger partial charge in [0.15, 0.2) is 18.1 Å². The van der Waals surface area contributed by atoms with Gasteiger partial charge in [-0.3, -0.25) is 9.59 Å². The van der Waals surface area contributed by atoms with Crippen molar-refractivity contribution in [1.82, 2.24) is 4.90 Å². The van der Waals surface area contributed by atoms with Gasteiger partial charge in [0.25, 0.3) is 5.91 Å². The molecule has 23 heavy (non-hydrogen) atoms. The normalized spacial score (nSPS) is 11.2. The van der Waals surface area contributed by atoms with Crippen LogP contribution in [-0.2, 0) is 9.59 Å². The molecule has 1 aromatic carbocycles. The monoisotopic (exact) mass is 320 g/mol. The van der Waals surface area contributed by atoms with Crippen molar-refractivity contribution in [3.63, 3.8) is 0 Å². The number of benzene rings is 1. The number of methoxy groups -OCH3 is 1. The molecule has 1 aromatic rings. The number of carbonyl (C=O) groups is 2. The quantitative estimate of drug-likeness (QED) is 0.782. The second-order valence-electron chi connectivity index (χ2n) is 4.94. The lowest BCUT2D eigenvalue weighted by atomic mass is 10.2. The van der Waals surface area contributed by atoms with Crippen molar-refractivity contribution in [2.45, 2.75) is 26.3 Å². The summed E-state index contributed by atoms with van der Waals surface area (Å²) < 4.78 is 10.5. The molecule has 0 aliphatic carbocycles. The second-order valence-corrected chi connectivity index (χ2v) is 4.94. The van der Waals surface area contributed by atoms with Crippen LogP contribution < -0.4 is 9.47 Å². The SMILES string of the molecule is CCC(C)N(CC(=O)O)C(=O)COc1ccc(C#N)cc1OC. The lowest BCUT2D eigenvalue weighted by molar-refractivity contribution is -0.147. The van der Waals surface area contributed by atoms with E-state index in [4.69, 9.17) is 19.8 Å². The Morgan fingerprint density at radius 1 is 1.39 bits per heavy atom. The van der Waals surface area contributed by atoms with Crippen LogP contribution in [0.4, 0.5) is 0 Å². The Labute approximate surface area is 135 Å². The summed E-state index contributed by atoms with van der Waals surface area (Å²) in [6, 6.07) is 6.36. The standard InChI is InChI=1S/C16H20N2O5/c1-4-11(2)18(9-16(20)21)15(19)10-23-13-6-5-12(8-17)7-14(13)22-3/h5-7,11H,4,9-10H2,1-3H3,(H,20,21). The maximum absolute atomic E-state index is 12.2. The summed E-state index contributed by atoms with van der Waals surface area (Å²) in [5.41, 5.74) is 0.410. The molecule has 0 aromatic heterocycles. The Morgan fingerprint density at radius 2 is 2.09 bits per heavy atom. The third-order valence-electron chi connectivity index (χ3n) is 3.39. The fourth-order valence-electron chi connectivity index (χ4n) is 1.93. The summed E-state index contributed by atoms with van der Waals surface area (Å²) >= 11 is 0. The molecule has 0 aliphatic heterocycles. The molecule has 1 rings (SSSR count). The molecule has 1 unspecified atom stereocenters. The topological polar surface area (TPSA) is 99.9 Å². The van der Waals surface area contributed by atoms with E-state index in [1.165, 1.54) is 24.1 Å². The highest BCUT2D eigenvalue weighted by Crippen LogP contribution is 2.27. The molecule has 0 bridgehead atoms. The van der Waals surface area contributed by atoms with Gasteiger partial charge in [-0.25, -0.2) is 0 Å². The average molecular weight is 320 g/mol. The number of aliphatic carboxylic acids is 1. The Morgan fingerprint density at radius 3 is 2.61 bits per heavy atom. The first kappa shape index (κ1) is 18.3. The Kier molecular flexibility index (Phi) is 6.87. The molecule has 1 N–H and O–H groups in total. The molecule has 124 valence electrons. The highest BCUT2D eigenvalue weighted by Gasteiger charge is 2.22. The van der Waals surface area contributed by atoms with E-state index in [-0.39, 0.29) is 19.2 Å². The zero-order chi connectivity index (χ0) is 17.4. The van der Waals surface area contributed by atoms with Crippen LogP contribution in [0, 0.1) is 11.3 Å². The highest BCUT2D eigenvalue weighted by atomic mass is 16.5. The maximum Gasteiger partial charge on any atom is 0.323 e. The van der Waals surface area contributed by atoms with E-state index in [0.29, 0.717) is 23.5 Å². The van der Waals surface area contributed by atoms with Crippen LogP contribution in [-0.4, -0.2) is 48.2 Å². The van der Waals surface area contributed by atoms with Crippen LogP contribution in [0.5, 0.6) is 11.5 Å². The average Bonchev–Trinajstić information content (AvgIpc) is 2.56. The Balaban J connectivity index is 2.81. The van der Waals surface area contributed by atoms with E-state index in [1.54, 1.807) is 13.0 Å². The fraction of sp³-hybridized carbons (Fsp3) is 0.438. The van der Waals surface area contributed by atoms with Gasteiger partial charge in [-0.05, 0) is 25.5 Å². The van der Waals surface area contributed by atoms with Crippen molar-refractivity contribution in [1.29, 1.82) is 5.26 Å². The van der Waals surface area contributed by atoms with E-state index in [0.717, 1.165) is 0 Å². The first-order valence-electron chi connectivity index (χ1n) is 7.15.